The lowest BCUT2D eigenvalue weighted by molar-refractivity contribution is -0.122. The van der Waals surface area contributed by atoms with Gasteiger partial charge < -0.3 is 4.74 Å². The number of thioether (sulfide) groups is 1. The minimum atomic E-state index is -0.297. The summed E-state index contributed by atoms with van der Waals surface area (Å²) in [6.45, 7) is 9.04. The van der Waals surface area contributed by atoms with Crippen LogP contribution in [0.15, 0.2) is 52.3 Å². The summed E-state index contributed by atoms with van der Waals surface area (Å²) in [6, 6.07) is 11.4. The van der Waals surface area contributed by atoms with Crippen molar-refractivity contribution in [2.45, 2.75) is 97.8 Å². The number of hydrogen-bond donors (Lipinski definition) is 0. The molecule has 1 aliphatic heterocycles. The topological polar surface area (TPSA) is 63.9 Å². The summed E-state index contributed by atoms with van der Waals surface area (Å²) >= 11 is 6.82. The molecule has 0 unspecified atom stereocenters. The van der Waals surface area contributed by atoms with E-state index in [2.05, 4.69) is 20.8 Å². The molecule has 1 aromatic carbocycles. The number of carbonyl (C=O) groups is 1. The summed E-state index contributed by atoms with van der Waals surface area (Å²) in [7, 11) is 0. The molecule has 0 spiro atoms. The van der Waals surface area contributed by atoms with Crippen LogP contribution >= 0.6 is 24.0 Å². The van der Waals surface area contributed by atoms with E-state index in [0.717, 1.165) is 24.0 Å². The lowest BCUT2D eigenvalue weighted by Crippen LogP contribution is -2.29. The molecule has 0 radical (unpaired) electrons. The maximum Gasteiger partial charge on any atom is 0.269 e. The number of carbonyl (C=O) groups excluding carboxylic acids is 1. The predicted octanol–water partition coefficient (Wildman–Crippen LogP) is 9.04. The first-order valence-corrected chi connectivity index (χ1v) is 16.6. The van der Waals surface area contributed by atoms with Crippen molar-refractivity contribution in [1.82, 2.24) is 14.3 Å². The second-order valence-electron chi connectivity index (χ2n) is 11.4. The first-order chi connectivity index (χ1) is 20.3. The van der Waals surface area contributed by atoms with Crippen LogP contribution in [0.4, 0.5) is 0 Å². The summed E-state index contributed by atoms with van der Waals surface area (Å²) in [6.07, 6.45) is 15.6. The van der Waals surface area contributed by atoms with Gasteiger partial charge in [-0.1, -0.05) is 121 Å². The standard InChI is InChI=1S/C34H43N3O3S2/c1-5-6-7-8-9-10-11-12-13-15-21-37-33(39)29(42-34(37)41)23-27-31(35-30-17-14-16-20-36(30)32(27)38)40-28-22-25(4)18-19-26(28)24(2)3/h14,16-20,22-24H,5-13,15,21H2,1-4H3/b29-23+. The van der Waals surface area contributed by atoms with Crippen molar-refractivity contribution in [3.8, 4) is 11.6 Å². The molecule has 224 valence electrons. The fraction of sp³-hybridized carbons (Fsp3) is 0.471. The highest BCUT2D eigenvalue weighted by Gasteiger charge is 2.32. The highest BCUT2D eigenvalue weighted by atomic mass is 32.2. The van der Waals surface area contributed by atoms with E-state index >= 15 is 0 Å². The van der Waals surface area contributed by atoms with Gasteiger partial charge in [-0.05, 0) is 54.7 Å². The van der Waals surface area contributed by atoms with Crippen LogP contribution in [-0.2, 0) is 4.79 Å². The smallest absolute Gasteiger partial charge is 0.269 e. The molecular formula is C34H43N3O3S2. The van der Waals surface area contributed by atoms with Gasteiger partial charge in [0, 0.05) is 12.7 Å². The van der Waals surface area contributed by atoms with Gasteiger partial charge in [-0.3, -0.25) is 18.9 Å². The Labute approximate surface area is 259 Å². The van der Waals surface area contributed by atoms with E-state index in [0.29, 0.717) is 27.2 Å². The predicted molar refractivity (Wildman–Crippen MR) is 179 cm³/mol. The first-order valence-electron chi connectivity index (χ1n) is 15.3. The van der Waals surface area contributed by atoms with E-state index in [1.165, 1.54) is 67.5 Å². The highest BCUT2D eigenvalue weighted by molar-refractivity contribution is 8.26. The van der Waals surface area contributed by atoms with Gasteiger partial charge in [0.15, 0.2) is 0 Å². The highest BCUT2D eigenvalue weighted by Crippen LogP contribution is 2.36. The number of aromatic nitrogens is 2. The Bertz CT molecular complexity index is 1500. The molecule has 8 heteroatoms. The molecule has 0 atom stereocenters. The van der Waals surface area contributed by atoms with E-state index < -0.39 is 0 Å². The van der Waals surface area contributed by atoms with E-state index in [-0.39, 0.29) is 28.8 Å². The number of fused-ring (bicyclic) bond motifs is 1. The van der Waals surface area contributed by atoms with Crippen LogP contribution < -0.4 is 10.3 Å². The number of benzene rings is 1. The number of aryl methyl sites for hydroxylation is 1. The summed E-state index contributed by atoms with van der Waals surface area (Å²) < 4.78 is 8.38. The van der Waals surface area contributed by atoms with Crippen LogP contribution in [0, 0.1) is 6.92 Å². The largest absolute Gasteiger partial charge is 0.438 e. The van der Waals surface area contributed by atoms with Crippen LogP contribution in [0.2, 0.25) is 0 Å². The third-order valence-electron chi connectivity index (χ3n) is 7.62. The maximum atomic E-state index is 13.7. The summed E-state index contributed by atoms with van der Waals surface area (Å²) in [5, 5.41) is 0. The normalized spacial score (nSPS) is 14.6. The fourth-order valence-electron chi connectivity index (χ4n) is 5.18. The van der Waals surface area contributed by atoms with Gasteiger partial charge in [0.25, 0.3) is 11.5 Å². The van der Waals surface area contributed by atoms with Crippen LogP contribution in [0.5, 0.6) is 11.6 Å². The number of rotatable bonds is 15. The zero-order chi connectivity index (χ0) is 30.1. The van der Waals surface area contributed by atoms with Crippen molar-refractivity contribution >= 4 is 45.9 Å². The zero-order valence-electron chi connectivity index (χ0n) is 25.4. The lowest BCUT2D eigenvalue weighted by Gasteiger charge is -2.16. The summed E-state index contributed by atoms with van der Waals surface area (Å²) in [4.78, 5) is 33.9. The summed E-state index contributed by atoms with van der Waals surface area (Å²) in [5.41, 5.74) is 2.47. The van der Waals surface area contributed by atoms with Crippen molar-refractivity contribution in [3.63, 3.8) is 0 Å². The third-order valence-corrected chi connectivity index (χ3v) is 8.99. The van der Waals surface area contributed by atoms with E-state index in [9.17, 15) is 9.59 Å². The number of amides is 1. The Morgan fingerprint density at radius 1 is 0.976 bits per heavy atom. The van der Waals surface area contributed by atoms with Gasteiger partial charge in [-0.2, -0.15) is 4.98 Å². The second-order valence-corrected chi connectivity index (χ2v) is 13.1. The lowest BCUT2D eigenvalue weighted by atomic mass is 10.0. The van der Waals surface area contributed by atoms with Crippen LogP contribution in [0.25, 0.3) is 11.7 Å². The molecule has 0 aliphatic carbocycles. The first kappa shape index (κ1) is 32.0. The minimum Gasteiger partial charge on any atom is -0.438 e. The van der Waals surface area contributed by atoms with Gasteiger partial charge in [0.1, 0.15) is 21.3 Å². The monoisotopic (exact) mass is 605 g/mol. The van der Waals surface area contributed by atoms with E-state index in [1.807, 2.05) is 31.2 Å². The summed E-state index contributed by atoms with van der Waals surface area (Å²) in [5.74, 6) is 0.884. The Kier molecular flexibility index (Phi) is 11.8. The molecule has 1 amide bonds. The number of unbranched alkanes of at least 4 members (excludes halogenated alkanes) is 9. The number of pyridine rings is 1. The molecule has 0 saturated carbocycles. The minimum absolute atomic E-state index is 0.164. The Balaban J connectivity index is 1.50. The molecular weight excluding hydrogens is 563 g/mol. The zero-order valence-corrected chi connectivity index (χ0v) is 27.0. The Hall–Kier alpha value is -2.97. The van der Waals surface area contributed by atoms with Crippen LogP contribution in [-0.4, -0.2) is 31.1 Å². The molecule has 1 aliphatic rings. The van der Waals surface area contributed by atoms with Gasteiger partial charge in [-0.15, -0.1) is 0 Å². The quantitative estimate of drug-likeness (QED) is 0.0978. The average molecular weight is 606 g/mol. The molecule has 3 aromatic rings. The van der Waals surface area contributed by atoms with E-state index in [4.69, 9.17) is 21.9 Å². The number of ether oxygens (including phenoxy) is 1. The molecule has 0 bridgehead atoms. The molecule has 0 N–H and O–H groups in total. The van der Waals surface area contributed by atoms with Crippen molar-refractivity contribution < 1.29 is 9.53 Å². The van der Waals surface area contributed by atoms with Gasteiger partial charge in [0.05, 0.1) is 4.91 Å². The van der Waals surface area contributed by atoms with Crippen molar-refractivity contribution in [1.29, 1.82) is 0 Å². The van der Waals surface area contributed by atoms with Crippen molar-refractivity contribution in [2.24, 2.45) is 0 Å². The molecule has 4 rings (SSSR count). The maximum absolute atomic E-state index is 13.7. The van der Waals surface area contributed by atoms with Gasteiger partial charge in [-0.25, -0.2) is 0 Å². The van der Waals surface area contributed by atoms with Crippen molar-refractivity contribution in [2.75, 3.05) is 6.54 Å². The molecule has 42 heavy (non-hydrogen) atoms. The third kappa shape index (κ3) is 8.10. The van der Waals surface area contributed by atoms with Crippen molar-refractivity contribution in [3.05, 3.63) is 74.5 Å². The molecule has 3 heterocycles. The SMILES string of the molecule is CCCCCCCCCCCCN1C(=O)/C(=C\c2c(Oc3cc(C)ccc3C(C)C)nc3ccccn3c2=O)SC1=S. The van der Waals surface area contributed by atoms with Gasteiger partial charge >= 0.3 is 0 Å². The molecule has 2 aromatic heterocycles. The van der Waals surface area contributed by atoms with Crippen LogP contribution in [0.3, 0.4) is 0 Å². The number of nitrogens with zero attached hydrogens (tertiary/aromatic N) is 3. The number of hydrogen-bond acceptors (Lipinski definition) is 6. The van der Waals surface area contributed by atoms with Crippen LogP contribution in [0.1, 0.15) is 108 Å². The van der Waals surface area contributed by atoms with Gasteiger partial charge in [0.2, 0.25) is 5.88 Å². The van der Waals surface area contributed by atoms with E-state index in [1.54, 1.807) is 29.3 Å². The molecule has 6 nitrogen and oxygen atoms in total. The Morgan fingerprint density at radius 2 is 1.67 bits per heavy atom. The molecule has 1 saturated heterocycles. The average Bonchev–Trinajstić information content (AvgIpc) is 3.23. The Morgan fingerprint density at radius 3 is 2.36 bits per heavy atom. The molecule has 1 fully saturated rings. The second kappa shape index (κ2) is 15.5. The fourth-order valence-corrected chi connectivity index (χ4v) is 6.47. The number of thiocarbonyl (C=S) groups is 1.